The van der Waals surface area contributed by atoms with E-state index in [1.807, 2.05) is 0 Å². The molecule has 5 nitrogen and oxygen atoms in total. The lowest BCUT2D eigenvalue weighted by atomic mass is 9.84. The second kappa shape index (κ2) is 7.08. The Morgan fingerprint density at radius 1 is 0.870 bits per heavy atom. The number of hydrogen-bond donors (Lipinski definition) is 0. The van der Waals surface area contributed by atoms with Crippen molar-refractivity contribution in [1.82, 2.24) is 14.7 Å². The zero-order valence-corrected chi connectivity index (χ0v) is 14.3. The third-order valence-corrected chi connectivity index (χ3v) is 6.36. The molecule has 5 aliphatic rings. The molecule has 5 heteroatoms. The summed E-state index contributed by atoms with van der Waals surface area (Å²) in [4.78, 5) is 20.2. The minimum absolute atomic E-state index is 0.0938. The average Bonchev–Trinajstić information content (AvgIpc) is 2.98. The lowest BCUT2D eigenvalue weighted by Crippen LogP contribution is -2.60. The average molecular weight is 321 g/mol. The van der Waals surface area contributed by atoms with Gasteiger partial charge in [0.1, 0.15) is 6.04 Å². The molecule has 2 bridgehead atoms. The van der Waals surface area contributed by atoms with Gasteiger partial charge in [-0.1, -0.05) is 19.3 Å². The number of amides is 1. The molecular weight excluding hydrogens is 290 g/mol. The minimum Gasteiger partial charge on any atom is -0.374 e. The summed E-state index contributed by atoms with van der Waals surface area (Å²) in [7, 11) is 0. The van der Waals surface area contributed by atoms with Crippen molar-refractivity contribution >= 4 is 5.91 Å². The van der Waals surface area contributed by atoms with Crippen LogP contribution in [0.15, 0.2) is 0 Å². The van der Waals surface area contributed by atoms with E-state index in [1.165, 1.54) is 38.5 Å². The van der Waals surface area contributed by atoms with E-state index in [-0.39, 0.29) is 12.1 Å². The number of carbonyl (C=O) groups excluding carboxylic acids is 1. The van der Waals surface area contributed by atoms with E-state index in [4.69, 9.17) is 4.74 Å². The van der Waals surface area contributed by atoms with Crippen LogP contribution in [0.2, 0.25) is 0 Å². The van der Waals surface area contributed by atoms with Gasteiger partial charge in [-0.25, -0.2) is 0 Å². The number of rotatable bonds is 2. The van der Waals surface area contributed by atoms with Crippen LogP contribution < -0.4 is 0 Å². The number of fused-ring (bicyclic) bond motifs is 4. The molecule has 0 radical (unpaired) electrons. The van der Waals surface area contributed by atoms with Gasteiger partial charge in [0.05, 0.1) is 12.7 Å². The van der Waals surface area contributed by atoms with Crippen molar-refractivity contribution in [3.63, 3.8) is 0 Å². The molecule has 0 N–H and O–H groups in total. The fourth-order valence-electron chi connectivity index (χ4n) is 4.96. The van der Waals surface area contributed by atoms with Crippen molar-refractivity contribution in [2.45, 2.75) is 50.7 Å². The highest BCUT2D eigenvalue weighted by molar-refractivity contribution is 5.82. The fraction of sp³-hybridized carbons (Fsp3) is 0.944. The van der Waals surface area contributed by atoms with Gasteiger partial charge in [0, 0.05) is 39.3 Å². The van der Waals surface area contributed by atoms with Crippen molar-refractivity contribution in [1.29, 1.82) is 0 Å². The van der Waals surface area contributed by atoms with Crippen LogP contribution in [-0.2, 0) is 9.53 Å². The standard InChI is InChI=1S/C18H31N3O2/c22-18(16-13-19-7-4-8-20(16)10-9-19)21-11-12-23-17(14-21)15-5-2-1-3-6-15/h15-17H,1-14H2. The molecular formula is C18H31N3O2. The van der Waals surface area contributed by atoms with Crippen molar-refractivity contribution in [3.8, 4) is 0 Å². The molecule has 130 valence electrons. The largest absolute Gasteiger partial charge is 0.374 e. The number of piperazine rings is 1. The molecule has 0 spiro atoms. The Morgan fingerprint density at radius 2 is 1.74 bits per heavy atom. The Labute approximate surface area is 139 Å². The zero-order valence-electron chi connectivity index (χ0n) is 14.3. The molecule has 0 aromatic rings. The molecule has 0 aromatic carbocycles. The lowest BCUT2D eigenvalue weighted by molar-refractivity contribution is -0.148. The first kappa shape index (κ1) is 15.9. The predicted octanol–water partition coefficient (Wildman–Crippen LogP) is 1.18. The Morgan fingerprint density at radius 3 is 2.61 bits per heavy atom. The predicted molar refractivity (Wildman–Crippen MR) is 89.3 cm³/mol. The van der Waals surface area contributed by atoms with Gasteiger partial charge >= 0.3 is 0 Å². The van der Waals surface area contributed by atoms with Crippen LogP contribution in [0.5, 0.6) is 0 Å². The number of morpholine rings is 1. The quantitative estimate of drug-likeness (QED) is 0.765. The first-order valence-corrected chi connectivity index (χ1v) is 9.68. The summed E-state index contributed by atoms with van der Waals surface area (Å²) >= 11 is 0. The first-order valence-electron chi connectivity index (χ1n) is 9.68. The van der Waals surface area contributed by atoms with Gasteiger partial charge in [-0.2, -0.15) is 0 Å². The fourth-order valence-corrected chi connectivity index (χ4v) is 4.96. The molecule has 5 fully saturated rings. The molecule has 4 aliphatic heterocycles. The molecule has 1 amide bonds. The number of ether oxygens (including phenoxy) is 1. The highest BCUT2D eigenvalue weighted by Gasteiger charge is 2.39. The second-order valence-electron chi connectivity index (χ2n) is 7.80. The monoisotopic (exact) mass is 321 g/mol. The maximum atomic E-state index is 13.1. The van der Waals surface area contributed by atoms with E-state index in [1.54, 1.807) is 0 Å². The molecule has 4 heterocycles. The third-order valence-electron chi connectivity index (χ3n) is 6.36. The maximum absolute atomic E-state index is 13.1. The van der Waals surface area contributed by atoms with Gasteiger partial charge in [-0.15, -0.1) is 0 Å². The topological polar surface area (TPSA) is 36.0 Å². The van der Waals surface area contributed by atoms with E-state index >= 15 is 0 Å². The number of nitrogens with zero attached hydrogens (tertiary/aromatic N) is 3. The van der Waals surface area contributed by atoms with Crippen LogP contribution in [0.1, 0.15) is 38.5 Å². The first-order chi connectivity index (χ1) is 11.3. The lowest BCUT2D eigenvalue weighted by Gasteiger charge is -2.43. The summed E-state index contributed by atoms with van der Waals surface area (Å²) in [5.74, 6) is 1.04. The van der Waals surface area contributed by atoms with E-state index < -0.39 is 0 Å². The highest BCUT2D eigenvalue weighted by Crippen LogP contribution is 2.30. The maximum Gasteiger partial charge on any atom is 0.241 e. The van der Waals surface area contributed by atoms with Gasteiger partial charge in [0.25, 0.3) is 0 Å². The van der Waals surface area contributed by atoms with Crippen LogP contribution in [0.25, 0.3) is 0 Å². The summed E-state index contributed by atoms with van der Waals surface area (Å²) in [5.41, 5.74) is 0. The number of hydrogen-bond acceptors (Lipinski definition) is 4. The summed E-state index contributed by atoms with van der Waals surface area (Å²) in [6.45, 7) is 7.72. The Balaban J connectivity index is 1.39. The van der Waals surface area contributed by atoms with Gasteiger partial charge < -0.3 is 9.64 Å². The summed E-state index contributed by atoms with van der Waals surface area (Å²) in [5, 5.41) is 0. The normalized spacial score (nSPS) is 39.2. The molecule has 23 heavy (non-hydrogen) atoms. The number of carbonyl (C=O) groups is 1. The van der Waals surface area contributed by atoms with Gasteiger partial charge in [0.15, 0.2) is 0 Å². The van der Waals surface area contributed by atoms with Crippen LogP contribution in [0, 0.1) is 5.92 Å². The molecule has 5 rings (SSSR count). The molecule has 4 saturated heterocycles. The Hall–Kier alpha value is -0.650. The summed E-state index contributed by atoms with van der Waals surface area (Å²) in [6, 6.07) is 0.0938. The molecule has 1 saturated carbocycles. The van der Waals surface area contributed by atoms with Gasteiger partial charge in [0.2, 0.25) is 5.91 Å². The van der Waals surface area contributed by atoms with Crippen LogP contribution >= 0.6 is 0 Å². The zero-order chi connectivity index (χ0) is 15.6. The van der Waals surface area contributed by atoms with E-state index in [9.17, 15) is 4.79 Å². The van der Waals surface area contributed by atoms with E-state index in [0.717, 1.165) is 52.4 Å². The van der Waals surface area contributed by atoms with E-state index in [0.29, 0.717) is 11.8 Å². The van der Waals surface area contributed by atoms with Crippen molar-refractivity contribution in [3.05, 3.63) is 0 Å². The molecule has 0 aromatic heterocycles. The van der Waals surface area contributed by atoms with E-state index in [2.05, 4.69) is 14.7 Å². The van der Waals surface area contributed by atoms with Gasteiger partial charge in [-0.3, -0.25) is 14.6 Å². The summed E-state index contributed by atoms with van der Waals surface area (Å²) in [6.07, 6.45) is 8.11. The van der Waals surface area contributed by atoms with Crippen molar-refractivity contribution in [2.24, 2.45) is 5.92 Å². The van der Waals surface area contributed by atoms with Crippen LogP contribution in [0.4, 0.5) is 0 Å². The highest BCUT2D eigenvalue weighted by atomic mass is 16.5. The van der Waals surface area contributed by atoms with Crippen molar-refractivity contribution < 1.29 is 9.53 Å². The minimum atomic E-state index is 0.0938. The molecule has 4 unspecified atom stereocenters. The summed E-state index contributed by atoms with van der Waals surface area (Å²) < 4.78 is 6.05. The Kier molecular flexibility index (Phi) is 4.88. The van der Waals surface area contributed by atoms with Crippen LogP contribution in [0.3, 0.4) is 0 Å². The third kappa shape index (κ3) is 3.42. The van der Waals surface area contributed by atoms with Crippen LogP contribution in [-0.4, -0.2) is 85.2 Å². The SMILES string of the molecule is O=C(C1CN2CCCN1CC2)N1CCOC(C2CCCCC2)C1. The van der Waals surface area contributed by atoms with Gasteiger partial charge in [-0.05, 0) is 31.7 Å². The molecule has 1 aliphatic carbocycles. The smallest absolute Gasteiger partial charge is 0.241 e. The van der Waals surface area contributed by atoms with Crippen molar-refractivity contribution in [2.75, 3.05) is 52.4 Å². The second-order valence-corrected chi connectivity index (χ2v) is 7.80. The molecule has 4 atom stereocenters. The Bertz CT molecular complexity index is 420.